The smallest absolute Gasteiger partial charge is 0.230 e. The number of rotatable bonds is 6. The Balaban J connectivity index is 2.05. The topological polar surface area (TPSA) is 108 Å². The molecule has 1 heterocycles. The van der Waals surface area contributed by atoms with Gasteiger partial charge < -0.3 is 25.6 Å². The lowest BCUT2D eigenvalue weighted by Crippen LogP contribution is -2.16. The molecule has 2 aromatic rings. The van der Waals surface area contributed by atoms with Gasteiger partial charge in [0.25, 0.3) is 0 Å². The summed E-state index contributed by atoms with van der Waals surface area (Å²) in [5.41, 5.74) is 3.87. The molecule has 3 rings (SSSR count). The minimum absolute atomic E-state index is 0.0371. The largest absolute Gasteiger partial charge is 0.493 e. The van der Waals surface area contributed by atoms with Crippen molar-refractivity contribution in [3.8, 4) is 22.6 Å². The minimum Gasteiger partial charge on any atom is -0.493 e. The lowest BCUT2D eigenvalue weighted by Gasteiger charge is -2.11. The first kappa shape index (κ1) is 19.0. The van der Waals surface area contributed by atoms with E-state index >= 15 is 0 Å². The molecule has 1 aliphatic rings. The third-order valence-electron chi connectivity index (χ3n) is 4.32. The number of hydrogen-bond acceptors (Lipinski definition) is 6. The van der Waals surface area contributed by atoms with Gasteiger partial charge in [-0.1, -0.05) is 12.1 Å². The number of carbonyl (C=O) groups excluding carboxylic acids is 1. The monoisotopic (exact) mass is 376 g/mol. The SMILES string of the molecule is COc1ccc(-c2ccc3c(c2)NC(=O)CC(/C(C=N)=C/C=N)=N3)cc1OC. The summed E-state index contributed by atoms with van der Waals surface area (Å²) in [5.74, 6) is 1.03. The van der Waals surface area contributed by atoms with E-state index in [0.717, 1.165) is 23.6 Å². The number of nitrogens with zero attached hydrogens (tertiary/aromatic N) is 1. The summed E-state index contributed by atoms with van der Waals surface area (Å²) in [6.07, 6.45) is 3.66. The van der Waals surface area contributed by atoms with Gasteiger partial charge in [-0.2, -0.15) is 0 Å². The molecule has 3 N–H and O–H groups in total. The minimum atomic E-state index is -0.223. The number of benzene rings is 2. The van der Waals surface area contributed by atoms with Crippen molar-refractivity contribution in [2.75, 3.05) is 19.5 Å². The van der Waals surface area contributed by atoms with Crippen molar-refractivity contribution in [3.63, 3.8) is 0 Å². The van der Waals surface area contributed by atoms with Crippen molar-refractivity contribution >= 4 is 35.4 Å². The summed E-state index contributed by atoms with van der Waals surface area (Å²) in [6, 6.07) is 11.2. The average molecular weight is 376 g/mol. The number of carbonyl (C=O) groups is 1. The van der Waals surface area contributed by atoms with E-state index in [4.69, 9.17) is 20.3 Å². The lowest BCUT2D eigenvalue weighted by atomic mass is 10.0. The fraction of sp³-hybridized carbons (Fsp3) is 0.143. The van der Waals surface area contributed by atoms with E-state index in [1.165, 1.54) is 6.08 Å². The number of methoxy groups -OCH3 is 2. The zero-order valence-electron chi connectivity index (χ0n) is 15.6. The number of ether oxygens (including phenoxy) is 2. The number of nitrogens with one attached hydrogen (secondary N) is 3. The first-order chi connectivity index (χ1) is 13.6. The Labute approximate surface area is 162 Å². The quantitative estimate of drug-likeness (QED) is 0.663. The molecule has 0 bridgehead atoms. The molecule has 0 aliphatic carbocycles. The molecule has 0 unspecified atom stereocenters. The van der Waals surface area contributed by atoms with Gasteiger partial charge in [0, 0.05) is 18.0 Å². The van der Waals surface area contributed by atoms with Crippen LogP contribution in [0.15, 0.2) is 53.0 Å². The van der Waals surface area contributed by atoms with E-state index in [1.807, 2.05) is 36.4 Å². The fourth-order valence-electron chi connectivity index (χ4n) is 2.94. The summed E-state index contributed by atoms with van der Waals surface area (Å²) in [4.78, 5) is 16.9. The van der Waals surface area contributed by atoms with Crippen LogP contribution in [-0.4, -0.2) is 38.3 Å². The standard InChI is InChI=1S/C21H20N4O3/c1-27-19-6-4-14(10-20(19)28-2)13-3-5-16-18(9-13)25-21(26)11-17(24-16)15(12-23)7-8-22/h3-10,12,22-23H,11H2,1-2H3,(H,25,26)/b15-7+,22-8?,23-12?. The van der Waals surface area contributed by atoms with Crippen LogP contribution in [0.5, 0.6) is 11.5 Å². The van der Waals surface area contributed by atoms with Gasteiger partial charge in [-0.3, -0.25) is 9.79 Å². The van der Waals surface area contributed by atoms with Crippen LogP contribution < -0.4 is 14.8 Å². The van der Waals surface area contributed by atoms with E-state index < -0.39 is 0 Å². The number of allylic oxidation sites excluding steroid dienone is 2. The van der Waals surface area contributed by atoms with Crippen LogP contribution in [0.1, 0.15) is 6.42 Å². The van der Waals surface area contributed by atoms with Crippen molar-refractivity contribution in [1.29, 1.82) is 10.8 Å². The number of hydrogen-bond donors (Lipinski definition) is 3. The number of anilines is 1. The van der Waals surface area contributed by atoms with Gasteiger partial charge in [0.1, 0.15) is 0 Å². The molecule has 0 saturated carbocycles. The summed E-state index contributed by atoms with van der Waals surface area (Å²) < 4.78 is 10.6. The first-order valence-corrected chi connectivity index (χ1v) is 8.55. The van der Waals surface area contributed by atoms with E-state index in [0.29, 0.717) is 34.2 Å². The van der Waals surface area contributed by atoms with Crippen molar-refractivity contribution in [2.24, 2.45) is 4.99 Å². The van der Waals surface area contributed by atoms with Gasteiger partial charge in [-0.15, -0.1) is 0 Å². The summed E-state index contributed by atoms with van der Waals surface area (Å²) >= 11 is 0. The number of aliphatic imine (C=N–C) groups is 1. The molecule has 0 saturated heterocycles. The maximum absolute atomic E-state index is 12.3. The summed E-state index contributed by atoms with van der Waals surface area (Å²) in [7, 11) is 3.17. The molecule has 1 aliphatic heterocycles. The Morgan fingerprint density at radius 3 is 2.46 bits per heavy atom. The first-order valence-electron chi connectivity index (χ1n) is 8.55. The number of amides is 1. The van der Waals surface area contributed by atoms with Crippen LogP contribution in [0.3, 0.4) is 0 Å². The molecule has 28 heavy (non-hydrogen) atoms. The van der Waals surface area contributed by atoms with Gasteiger partial charge in [0.05, 0.1) is 37.7 Å². The Bertz CT molecular complexity index is 1010. The van der Waals surface area contributed by atoms with Crippen LogP contribution in [0.4, 0.5) is 11.4 Å². The molecule has 7 nitrogen and oxygen atoms in total. The highest BCUT2D eigenvalue weighted by Crippen LogP contribution is 2.36. The molecular weight excluding hydrogens is 356 g/mol. The van der Waals surface area contributed by atoms with Gasteiger partial charge in [0.15, 0.2) is 11.5 Å². The molecule has 0 aromatic heterocycles. The highest BCUT2D eigenvalue weighted by Gasteiger charge is 2.18. The molecule has 2 aromatic carbocycles. The average Bonchev–Trinajstić information content (AvgIpc) is 2.88. The van der Waals surface area contributed by atoms with Crippen LogP contribution in [0, 0.1) is 10.8 Å². The summed E-state index contributed by atoms with van der Waals surface area (Å²) in [6.45, 7) is 0. The van der Waals surface area contributed by atoms with E-state index in [1.54, 1.807) is 14.2 Å². The zero-order chi connectivity index (χ0) is 20.1. The van der Waals surface area contributed by atoms with Crippen molar-refractivity contribution in [2.45, 2.75) is 6.42 Å². The maximum Gasteiger partial charge on any atom is 0.230 e. The second kappa shape index (κ2) is 8.30. The Morgan fingerprint density at radius 2 is 1.79 bits per heavy atom. The van der Waals surface area contributed by atoms with Crippen LogP contribution in [0.25, 0.3) is 11.1 Å². The Morgan fingerprint density at radius 1 is 1.07 bits per heavy atom. The highest BCUT2D eigenvalue weighted by atomic mass is 16.5. The molecule has 142 valence electrons. The summed E-state index contributed by atoms with van der Waals surface area (Å²) in [5, 5.41) is 17.6. The van der Waals surface area contributed by atoms with E-state index in [-0.39, 0.29) is 12.3 Å². The van der Waals surface area contributed by atoms with Gasteiger partial charge in [-0.05, 0) is 41.5 Å². The molecular formula is C21H20N4O3. The predicted octanol–water partition coefficient (Wildman–Crippen LogP) is 4.01. The van der Waals surface area contributed by atoms with Crippen LogP contribution in [-0.2, 0) is 4.79 Å². The van der Waals surface area contributed by atoms with Gasteiger partial charge >= 0.3 is 0 Å². The van der Waals surface area contributed by atoms with Gasteiger partial charge in [0.2, 0.25) is 5.91 Å². The lowest BCUT2D eigenvalue weighted by molar-refractivity contribution is -0.115. The number of fused-ring (bicyclic) bond motifs is 1. The fourth-order valence-corrected chi connectivity index (χ4v) is 2.94. The third kappa shape index (κ3) is 3.83. The maximum atomic E-state index is 12.3. The second-order valence-corrected chi connectivity index (χ2v) is 6.02. The molecule has 7 heteroatoms. The highest BCUT2D eigenvalue weighted by molar-refractivity contribution is 6.25. The molecule has 0 spiro atoms. The van der Waals surface area contributed by atoms with Crippen molar-refractivity contribution in [1.82, 2.24) is 0 Å². The van der Waals surface area contributed by atoms with E-state index in [9.17, 15) is 4.79 Å². The molecule has 0 fully saturated rings. The molecule has 0 atom stereocenters. The third-order valence-corrected chi connectivity index (χ3v) is 4.32. The normalized spacial score (nSPS) is 13.6. The Kier molecular flexibility index (Phi) is 5.64. The van der Waals surface area contributed by atoms with E-state index in [2.05, 4.69) is 10.3 Å². The predicted molar refractivity (Wildman–Crippen MR) is 111 cm³/mol. The molecule has 1 amide bonds. The van der Waals surface area contributed by atoms with Crippen LogP contribution >= 0.6 is 0 Å². The van der Waals surface area contributed by atoms with Crippen molar-refractivity contribution < 1.29 is 14.3 Å². The molecule has 0 radical (unpaired) electrons. The van der Waals surface area contributed by atoms with Gasteiger partial charge in [-0.25, -0.2) is 0 Å². The van der Waals surface area contributed by atoms with Crippen molar-refractivity contribution in [3.05, 3.63) is 48.0 Å². The van der Waals surface area contributed by atoms with Crippen LogP contribution in [0.2, 0.25) is 0 Å². The zero-order valence-corrected chi connectivity index (χ0v) is 15.6. The Hall–Kier alpha value is -3.74. The second-order valence-electron chi connectivity index (χ2n) is 6.02.